The van der Waals surface area contributed by atoms with Crippen LogP contribution in [0.15, 0.2) is 0 Å². The number of carbonyl (C=O) groups is 1. The molecule has 12 heavy (non-hydrogen) atoms. The van der Waals surface area contributed by atoms with Crippen molar-refractivity contribution in [1.29, 1.82) is 0 Å². The van der Waals surface area contributed by atoms with Crippen LogP contribution in [0.2, 0.25) is 0 Å². The van der Waals surface area contributed by atoms with Gasteiger partial charge in [0.25, 0.3) is 0 Å². The molecule has 0 N–H and O–H groups in total. The Labute approximate surface area is 74.3 Å². The summed E-state index contributed by atoms with van der Waals surface area (Å²) >= 11 is 0. The van der Waals surface area contributed by atoms with Crippen LogP contribution in [0.3, 0.4) is 0 Å². The van der Waals surface area contributed by atoms with Crippen LogP contribution in [0.1, 0.15) is 34.1 Å². The third-order valence-electron chi connectivity index (χ3n) is 1.22. The highest BCUT2D eigenvalue weighted by atomic mass is 16.5. The van der Waals surface area contributed by atoms with Crippen molar-refractivity contribution in [1.82, 2.24) is 0 Å². The smallest absolute Gasteiger partial charge is 0.307 e. The molecule has 0 heterocycles. The molecule has 0 aromatic carbocycles. The van der Waals surface area contributed by atoms with Gasteiger partial charge in [-0.2, -0.15) is 0 Å². The predicted octanol–water partition coefficient (Wildman–Crippen LogP) is 1.99. The van der Waals surface area contributed by atoms with E-state index >= 15 is 0 Å². The summed E-state index contributed by atoms with van der Waals surface area (Å²) in [6, 6.07) is 0. The Balaban J connectivity index is 3.85. The highest BCUT2D eigenvalue weighted by molar-refractivity contribution is 5.70. The highest BCUT2D eigenvalue weighted by Crippen LogP contribution is 2.19. The molecular weight excluding hydrogens is 152 g/mol. The van der Waals surface area contributed by atoms with Crippen LogP contribution in [0.5, 0.6) is 0 Å². The van der Waals surface area contributed by atoms with Crippen molar-refractivity contribution < 1.29 is 9.53 Å². The van der Waals surface area contributed by atoms with E-state index in [-0.39, 0.29) is 11.4 Å². The number of esters is 1. The molecule has 0 aromatic rings. The molecule has 0 aromatic heterocycles. The molecule has 1 atom stereocenters. The third-order valence-corrected chi connectivity index (χ3v) is 1.22. The van der Waals surface area contributed by atoms with Gasteiger partial charge in [-0.25, -0.2) is 0 Å². The number of ether oxygens (including phenoxy) is 1. The second-order valence-corrected chi connectivity index (χ2v) is 4.04. The highest BCUT2D eigenvalue weighted by Gasteiger charge is 2.17. The van der Waals surface area contributed by atoms with Crippen LogP contribution < -0.4 is 0 Å². The summed E-state index contributed by atoms with van der Waals surface area (Å²) < 4.78 is 4.90. The van der Waals surface area contributed by atoms with Gasteiger partial charge in [0.1, 0.15) is 0 Å². The zero-order valence-electron chi connectivity index (χ0n) is 8.18. The lowest BCUT2D eigenvalue weighted by atomic mass is 9.92. The normalized spacial score (nSPS) is 13.2. The lowest BCUT2D eigenvalue weighted by Gasteiger charge is -2.17. The van der Waals surface area contributed by atoms with Gasteiger partial charge in [0, 0.05) is 0 Å². The van der Waals surface area contributed by atoms with Gasteiger partial charge in [-0.3, -0.25) is 4.79 Å². The van der Waals surface area contributed by atoms with Gasteiger partial charge in [-0.15, -0.1) is 6.42 Å². The summed E-state index contributed by atoms with van der Waals surface area (Å²) in [5.41, 5.74) is -0.0363. The first-order valence-electron chi connectivity index (χ1n) is 4.01. The fourth-order valence-corrected chi connectivity index (χ4v) is 0.706. The summed E-state index contributed by atoms with van der Waals surface area (Å²) in [7, 11) is 0. The van der Waals surface area contributed by atoms with Crippen LogP contribution >= 0.6 is 0 Å². The minimum absolute atomic E-state index is 0.0363. The topological polar surface area (TPSA) is 26.3 Å². The molecule has 2 heteroatoms. The maximum absolute atomic E-state index is 11.1. The Morgan fingerprint density at radius 2 is 2.08 bits per heavy atom. The minimum atomic E-state index is -0.417. The summed E-state index contributed by atoms with van der Waals surface area (Å²) in [6.07, 6.45) is 5.04. The zero-order chi connectivity index (χ0) is 9.78. The fourth-order valence-electron chi connectivity index (χ4n) is 0.706. The Kier molecular flexibility index (Phi) is 3.82. The molecule has 0 aliphatic carbocycles. The first kappa shape index (κ1) is 11.0. The maximum Gasteiger partial charge on any atom is 0.307 e. The van der Waals surface area contributed by atoms with E-state index < -0.39 is 6.10 Å². The van der Waals surface area contributed by atoms with E-state index in [0.29, 0.717) is 6.42 Å². The standard InChI is InChI=1S/C10H16O2/c1-6-8(2)12-9(11)7-10(3,4)5/h1,8H,7H2,2-5H3. The Morgan fingerprint density at radius 1 is 1.58 bits per heavy atom. The van der Waals surface area contributed by atoms with Crippen molar-refractivity contribution in [2.75, 3.05) is 0 Å². The molecule has 0 amide bonds. The van der Waals surface area contributed by atoms with Gasteiger partial charge >= 0.3 is 5.97 Å². The molecule has 0 saturated heterocycles. The van der Waals surface area contributed by atoms with Crippen molar-refractivity contribution >= 4 is 5.97 Å². The summed E-state index contributed by atoms with van der Waals surface area (Å²) in [5.74, 6) is 2.11. The van der Waals surface area contributed by atoms with Gasteiger partial charge in [-0.1, -0.05) is 26.7 Å². The summed E-state index contributed by atoms with van der Waals surface area (Å²) in [4.78, 5) is 11.1. The quantitative estimate of drug-likeness (QED) is 0.465. The third kappa shape index (κ3) is 5.79. The van der Waals surface area contributed by atoms with Gasteiger partial charge in [0.2, 0.25) is 0 Å². The average Bonchev–Trinajstić information content (AvgIpc) is 1.82. The molecule has 2 nitrogen and oxygen atoms in total. The van der Waals surface area contributed by atoms with E-state index in [9.17, 15) is 4.79 Å². The second kappa shape index (κ2) is 4.15. The van der Waals surface area contributed by atoms with Crippen molar-refractivity contribution in [3.8, 4) is 12.3 Å². The average molecular weight is 168 g/mol. The van der Waals surface area contributed by atoms with Crippen LogP contribution in [0.4, 0.5) is 0 Å². The van der Waals surface area contributed by atoms with E-state index in [1.165, 1.54) is 0 Å². The number of hydrogen-bond donors (Lipinski definition) is 0. The largest absolute Gasteiger partial charge is 0.449 e. The summed E-state index contributed by atoms with van der Waals surface area (Å²) in [6.45, 7) is 7.62. The zero-order valence-corrected chi connectivity index (χ0v) is 8.18. The number of hydrogen-bond acceptors (Lipinski definition) is 2. The minimum Gasteiger partial charge on any atom is -0.449 e. The van der Waals surface area contributed by atoms with Gasteiger partial charge < -0.3 is 4.74 Å². The Hall–Kier alpha value is -0.970. The molecule has 0 rings (SSSR count). The Morgan fingerprint density at radius 3 is 2.42 bits per heavy atom. The lowest BCUT2D eigenvalue weighted by Crippen LogP contribution is -2.19. The Bertz CT molecular complexity index is 193. The lowest BCUT2D eigenvalue weighted by molar-refractivity contribution is -0.147. The van der Waals surface area contributed by atoms with Crippen LogP contribution in [-0.4, -0.2) is 12.1 Å². The molecule has 0 bridgehead atoms. The first-order chi connectivity index (χ1) is 5.35. The fraction of sp³-hybridized carbons (Fsp3) is 0.700. The summed E-state index contributed by atoms with van der Waals surface area (Å²) in [5, 5.41) is 0. The molecule has 68 valence electrons. The van der Waals surface area contributed by atoms with Crippen LogP contribution in [0.25, 0.3) is 0 Å². The SMILES string of the molecule is C#CC(C)OC(=O)CC(C)(C)C. The molecule has 0 fully saturated rings. The van der Waals surface area contributed by atoms with Crippen molar-refractivity contribution in [2.24, 2.45) is 5.41 Å². The van der Waals surface area contributed by atoms with Gasteiger partial charge in [0.15, 0.2) is 6.10 Å². The second-order valence-electron chi connectivity index (χ2n) is 4.04. The van der Waals surface area contributed by atoms with Gasteiger partial charge in [0.05, 0.1) is 6.42 Å². The van der Waals surface area contributed by atoms with E-state index in [4.69, 9.17) is 11.2 Å². The van der Waals surface area contributed by atoms with E-state index in [1.54, 1.807) is 6.92 Å². The molecule has 0 aliphatic rings. The molecule has 1 unspecified atom stereocenters. The molecule has 0 spiro atoms. The van der Waals surface area contributed by atoms with E-state index in [0.717, 1.165) is 0 Å². The first-order valence-corrected chi connectivity index (χ1v) is 4.01. The van der Waals surface area contributed by atoms with Crippen LogP contribution in [0, 0.1) is 17.8 Å². The predicted molar refractivity (Wildman–Crippen MR) is 48.5 cm³/mol. The van der Waals surface area contributed by atoms with E-state index in [2.05, 4.69) is 5.92 Å². The molecule has 0 radical (unpaired) electrons. The number of terminal acetylenes is 1. The molecule has 0 aliphatic heterocycles. The van der Waals surface area contributed by atoms with Gasteiger partial charge in [-0.05, 0) is 12.3 Å². The van der Waals surface area contributed by atoms with Crippen molar-refractivity contribution in [3.63, 3.8) is 0 Å². The van der Waals surface area contributed by atoms with E-state index in [1.807, 2.05) is 20.8 Å². The molecule has 0 saturated carbocycles. The monoisotopic (exact) mass is 168 g/mol. The molecular formula is C10H16O2. The van der Waals surface area contributed by atoms with Crippen molar-refractivity contribution in [3.05, 3.63) is 0 Å². The van der Waals surface area contributed by atoms with Crippen LogP contribution in [-0.2, 0) is 9.53 Å². The number of rotatable bonds is 2. The number of carbonyl (C=O) groups excluding carboxylic acids is 1. The van der Waals surface area contributed by atoms with Crippen molar-refractivity contribution in [2.45, 2.75) is 40.2 Å². The maximum atomic E-state index is 11.1.